The fourth-order valence-corrected chi connectivity index (χ4v) is 3.69. The molecule has 1 fully saturated rings. The molecule has 112 valence electrons. The second kappa shape index (κ2) is 6.32. The van der Waals surface area contributed by atoms with Gasteiger partial charge in [0, 0.05) is 24.0 Å². The van der Waals surface area contributed by atoms with E-state index in [1.54, 1.807) is 23.9 Å². The highest BCUT2D eigenvalue weighted by Gasteiger charge is 2.42. The second-order valence-corrected chi connectivity index (χ2v) is 8.06. The molecule has 1 aliphatic rings. The zero-order valence-corrected chi connectivity index (χ0v) is 13.5. The van der Waals surface area contributed by atoms with Crippen molar-refractivity contribution in [2.75, 3.05) is 24.7 Å². The lowest BCUT2D eigenvalue weighted by molar-refractivity contribution is 0.579. The molecule has 1 heterocycles. The smallest absolute Gasteiger partial charge is 0.242 e. The Hall–Kier alpha value is -0.790. The topological polar surface area (TPSA) is 71.1 Å². The molecule has 0 aromatic carbocycles. The summed E-state index contributed by atoms with van der Waals surface area (Å²) in [4.78, 5) is 4.35. The number of aromatic nitrogens is 1. The van der Waals surface area contributed by atoms with Crippen LogP contribution in [0.2, 0.25) is 0 Å². The highest BCUT2D eigenvalue weighted by atomic mass is 32.2. The van der Waals surface area contributed by atoms with Gasteiger partial charge in [-0.15, -0.1) is 0 Å². The number of hydrogen-bond acceptors (Lipinski definition) is 5. The van der Waals surface area contributed by atoms with E-state index in [9.17, 15) is 8.42 Å². The number of pyridine rings is 1. The molecule has 7 heteroatoms. The minimum Gasteiger partial charge on any atom is -0.370 e. The first-order chi connectivity index (χ1) is 9.51. The molecule has 0 saturated heterocycles. The number of rotatable bonds is 8. The van der Waals surface area contributed by atoms with E-state index in [-0.39, 0.29) is 9.64 Å². The summed E-state index contributed by atoms with van der Waals surface area (Å²) in [6.45, 7) is 3.38. The van der Waals surface area contributed by atoms with Crippen LogP contribution in [-0.2, 0) is 10.0 Å². The Morgan fingerprint density at radius 1 is 1.40 bits per heavy atom. The molecule has 2 rings (SSSR count). The summed E-state index contributed by atoms with van der Waals surface area (Å²) in [5.74, 6) is 0.702. The van der Waals surface area contributed by atoms with E-state index in [0.29, 0.717) is 12.4 Å². The van der Waals surface area contributed by atoms with Crippen molar-refractivity contribution in [1.29, 1.82) is 0 Å². The molecule has 0 amide bonds. The predicted molar refractivity (Wildman–Crippen MR) is 83.7 cm³/mol. The van der Waals surface area contributed by atoms with Gasteiger partial charge in [0.2, 0.25) is 10.0 Å². The summed E-state index contributed by atoms with van der Waals surface area (Å²) in [6.07, 6.45) is 6.58. The summed E-state index contributed by atoms with van der Waals surface area (Å²) >= 11 is 1.73. The van der Waals surface area contributed by atoms with Gasteiger partial charge in [-0.25, -0.2) is 18.1 Å². The largest absolute Gasteiger partial charge is 0.370 e. The molecule has 20 heavy (non-hydrogen) atoms. The number of nitrogens with one attached hydrogen (secondary N) is 2. The van der Waals surface area contributed by atoms with Crippen LogP contribution < -0.4 is 10.0 Å². The van der Waals surface area contributed by atoms with Gasteiger partial charge < -0.3 is 5.32 Å². The Labute approximate surface area is 125 Å². The molecule has 1 aromatic heterocycles. The van der Waals surface area contributed by atoms with Crippen LogP contribution in [0.5, 0.6) is 0 Å². The highest BCUT2D eigenvalue weighted by molar-refractivity contribution is 8.00. The van der Waals surface area contributed by atoms with Crippen molar-refractivity contribution >= 4 is 27.6 Å². The van der Waals surface area contributed by atoms with Crippen LogP contribution in [0.25, 0.3) is 0 Å². The molecule has 1 aliphatic carbocycles. The van der Waals surface area contributed by atoms with Gasteiger partial charge in [-0.1, -0.05) is 6.92 Å². The predicted octanol–water partition coefficient (Wildman–Crippen LogP) is 2.08. The third-order valence-corrected chi connectivity index (χ3v) is 6.23. The number of sulfonamides is 1. The van der Waals surface area contributed by atoms with Crippen molar-refractivity contribution in [3.8, 4) is 0 Å². The molecule has 1 aromatic rings. The first-order valence-electron chi connectivity index (χ1n) is 6.76. The van der Waals surface area contributed by atoms with Crippen LogP contribution in [-0.4, -0.2) is 37.5 Å². The monoisotopic (exact) mass is 315 g/mol. The van der Waals surface area contributed by atoms with E-state index in [0.717, 1.165) is 25.8 Å². The lowest BCUT2D eigenvalue weighted by Crippen LogP contribution is -2.31. The summed E-state index contributed by atoms with van der Waals surface area (Å²) in [6, 6.07) is 3.29. The van der Waals surface area contributed by atoms with Gasteiger partial charge in [0.25, 0.3) is 0 Å². The Kier molecular flexibility index (Phi) is 4.93. The number of thioether (sulfide) groups is 1. The van der Waals surface area contributed by atoms with Gasteiger partial charge in [0.1, 0.15) is 10.7 Å². The fourth-order valence-electron chi connectivity index (χ4n) is 1.80. The minimum atomic E-state index is -3.45. The average Bonchev–Trinajstić information content (AvgIpc) is 3.24. The Morgan fingerprint density at radius 2 is 2.15 bits per heavy atom. The third kappa shape index (κ3) is 3.86. The van der Waals surface area contributed by atoms with Gasteiger partial charge in [-0.3, -0.25) is 0 Å². The fraction of sp³-hybridized carbons (Fsp3) is 0.615. The van der Waals surface area contributed by atoms with Gasteiger partial charge >= 0.3 is 0 Å². The molecule has 0 aliphatic heterocycles. The lowest BCUT2D eigenvalue weighted by Gasteiger charge is -2.13. The summed E-state index contributed by atoms with van der Waals surface area (Å²) < 4.78 is 27.1. The van der Waals surface area contributed by atoms with Crippen LogP contribution in [0.1, 0.15) is 26.2 Å². The van der Waals surface area contributed by atoms with Gasteiger partial charge in [0.15, 0.2) is 0 Å². The van der Waals surface area contributed by atoms with E-state index in [1.165, 1.54) is 6.20 Å². The van der Waals surface area contributed by atoms with Gasteiger partial charge in [-0.05, 0) is 37.7 Å². The quantitative estimate of drug-likeness (QED) is 0.768. The van der Waals surface area contributed by atoms with Crippen molar-refractivity contribution in [3.05, 3.63) is 18.3 Å². The first kappa shape index (κ1) is 15.6. The Morgan fingerprint density at radius 3 is 2.65 bits per heavy atom. The van der Waals surface area contributed by atoms with Crippen molar-refractivity contribution in [2.24, 2.45) is 0 Å². The van der Waals surface area contributed by atoms with E-state index in [2.05, 4.69) is 21.9 Å². The summed E-state index contributed by atoms with van der Waals surface area (Å²) in [5.41, 5.74) is 0. The van der Waals surface area contributed by atoms with Crippen molar-refractivity contribution in [3.63, 3.8) is 0 Å². The van der Waals surface area contributed by atoms with Crippen LogP contribution >= 0.6 is 11.8 Å². The maximum atomic E-state index is 12.2. The maximum Gasteiger partial charge on any atom is 0.242 e. The number of anilines is 1. The molecule has 0 radical (unpaired) electrons. The van der Waals surface area contributed by atoms with E-state index in [1.807, 2.05) is 6.26 Å². The maximum absolute atomic E-state index is 12.2. The molecule has 0 spiro atoms. The van der Waals surface area contributed by atoms with Crippen molar-refractivity contribution in [2.45, 2.75) is 35.8 Å². The van der Waals surface area contributed by atoms with Crippen LogP contribution in [0.3, 0.4) is 0 Å². The highest BCUT2D eigenvalue weighted by Crippen LogP contribution is 2.46. The van der Waals surface area contributed by atoms with Gasteiger partial charge in [-0.2, -0.15) is 11.8 Å². The van der Waals surface area contributed by atoms with Crippen LogP contribution in [0.4, 0.5) is 5.82 Å². The van der Waals surface area contributed by atoms with E-state index < -0.39 is 10.0 Å². The number of nitrogens with zero attached hydrogens (tertiary/aromatic N) is 1. The minimum absolute atomic E-state index is 0.114. The molecule has 5 nitrogen and oxygen atoms in total. The molecule has 2 N–H and O–H groups in total. The van der Waals surface area contributed by atoms with E-state index in [4.69, 9.17) is 0 Å². The number of hydrogen-bond donors (Lipinski definition) is 2. The molecular weight excluding hydrogens is 294 g/mol. The Balaban J connectivity index is 1.98. The van der Waals surface area contributed by atoms with Crippen LogP contribution in [0, 0.1) is 0 Å². The normalized spacial score (nSPS) is 16.9. The van der Waals surface area contributed by atoms with Crippen molar-refractivity contribution in [1.82, 2.24) is 9.71 Å². The Bertz CT molecular complexity index is 539. The summed E-state index contributed by atoms with van der Waals surface area (Å²) in [5, 5.41) is 3.12. The average molecular weight is 315 g/mol. The van der Waals surface area contributed by atoms with E-state index >= 15 is 0 Å². The van der Waals surface area contributed by atoms with Crippen LogP contribution in [0.15, 0.2) is 23.2 Å². The zero-order chi connectivity index (χ0) is 14.6. The van der Waals surface area contributed by atoms with Crippen molar-refractivity contribution < 1.29 is 8.42 Å². The summed E-state index contributed by atoms with van der Waals surface area (Å²) in [7, 11) is -3.45. The standard InChI is InChI=1S/C13H21N3O2S2/c1-3-8-14-12-5-4-11(9-15-12)20(17,18)16-10-13(19-2)6-7-13/h4-5,9,16H,3,6-8,10H2,1-2H3,(H,14,15). The molecule has 1 saturated carbocycles. The van der Waals surface area contributed by atoms with Gasteiger partial charge in [0.05, 0.1) is 0 Å². The SMILES string of the molecule is CCCNc1ccc(S(=O)(=O)NCC2(SC)CC2)cn1. The lowest BCUT2D eigenvalue weighted by atomic mass is 10.4. The first-order valence-corrected chi connectivity index (χ1v) is 9.47. The zero-order valence-electron chi connectivity index (χ0n) is 11.8. The molecule has 0 atom stereocenters. The molecule has 0 bridgehead atoms. The second-order valence-electron chi connectivity index (χ2n) is 5.02. The molecular formula is C13H21N3O2S2. The molecule has 0 unspecified atom stereocenters. The third-order valence-electron chi connectivity index (χ3n) is 3.43.